The number of rotatable bonds is 5. The third-order valence-electron chi connectivity index (χ3n) is 1.86. The molecule has 8 heteroatoms. The molecule has 0 atom stereocenters. The Hall–Kier alpha value is -0.990. The summed E-state index contributed by atoms with van der Waals surface area (Å²) < 4.78 is 26.4. The maximum absolute atomic E-state index is 11.8. The van der Waals surface area contributed by atoms with Crippen LogP contribution < -0.4 is 10.0 Å². The van der Waals surface area contributed by atoms with Crippen LogP contribution in [0.4, 0.5) is 0 Å². The Morgan fingerprint density at radius 1 is 1.44 bits per heavy atom. The van der Waals surface area contributed by atoms with Gasteiger partial charge in [0.25, 0.3) is 0 Å². The molecule has 0 saturated heterocycles. The third-order valence-corrected chi connectivity index (χ3v) is 3.66. The van der Waals surface area contributed by atoms with Gasteiger partial charge in [-0.05, 0) is 35.8 Å². The first-order valence-electron chi connectivity index (χ1n) is 5.21. The van der Waals surface area contributed by atoms with E-state index in [4.69, 9.17) is 0 Å². The molecule has 0 bridgehead atoms. The molecule has 0 fully saturated rings. The van der Waals surface area contributed by atoms with E-state index in [1.165, 1.54) is 18.5 Å². The smallest absolute Gasteiger partial charge is 0.242 e. The van der Waals surface area contributed by atoms with Gasteiger partial charge >= 0.3 is 0 Å². The highest BCUT2D eigenvalue weighted by Gasteiger charge is 2.16. The highest BCUT2D eigenvalue weighted by molar-refractivity contribution is 9.10. The van der Waals surface area contributed by atoms with E-state index in [9.17, 15) is 13.2 Å². The van der Waals surface area contributed by atoms with Crippen molar-refractivity contribution < 1.29 is 13.2 Å². The Bertz CT molecular complexity index is 531. The molecule has 2 N–H and O–H groups in total. The standard InChI is InChI=1S/C10H14BrN3O3S/c1-7(2)14-10(15)6-13-18(16,17)9-3-8(11)4-12-5-9/h3-5,7,13H,6H2,1-2H3,(H,14,15). The quantitative estimate of drug-likeness (QED) is 0.826. The van der Waals surface area contributed by atoms with Gasteiger partial charge in [-0.15, -0.1) is 0 Å². The Morgan fingerprint density at radius 2 is 2.11 bits per heavy atom. The highest BCUT2D eigenvalue weighted by atomic mass is 79.9. The van der Waals surface area contributed by atoms with Gasteiger partial charge in [0, 0.05) is 22.9 Å². The molecule has 0 aliphatic rings. The number of pyridine rings is 1. The molecule has 0 aliphatic heterocycles. The Balaban J connectivity index is 2.69. The predicted molar refractivity (Wildman–Crippen MR) is 70.4 cm³/mol. The number of nitrogens with zero attached hydrogens (tertiary/aromatic N) is 1. The van der Waals surface area contributed by atoms with E-state index in [2.05, 4.69) is 31.0 Å². The SMILES string of the molecule is CC(C)NC(=O)CNS(=O)(=O)c1cncc(Br)c1. The second kappa shape index (κ2) is 6.26. The number of carbonyl (C=O) groups is 1. The van der Waals surface area contributed by atoms with Crippen LogP contribution in [0.5, 0.6) is 0 Å². The fourth-order valence-corrected chi connectivity index (χ4v) is 2.64. The van der Waals surface area contributed by atoms with Crippen LogP contribution in [0.15, 0.2) is 27.8 Å². The van der Waals surface area contributed by atoms with Crippen molar-refractivity contribution >= 4 is 31.9 Å². The number of halogens is 1. The van der Waals surface area contributed by atoms with Crippen molar-refractivity contribution in [3.8, 4) is 0 Å². The zero-order valence-electron chi connectivity index (χ0n) is 9.97. The number of carbonyl (C=O) groups excluding carboxylic acids is 1. The molecule has 0 aromatic carbocycles. The second-order valence-electron chi connectivity index (χ2n) is 3.89. The van der Waals surface area contributed by atoms with Crippen molar-refractivity contribution in [3.05, 3.63) is 22.9 Å². The van der Waals surface area contributed by atoms with Crippen molar-refractivity contribution in [1.82, 2.24) is 15.0 Å². The molecule has 0 saturated carbocycles. The maximum Gasteiger partial charge on any atom is 0.242 e. The summed E-state index contributed by atoms with van der Waals surface area (Å²) in [5.41, 5.74) is 0. The minimum Gasteiger partial charge on any atom is -0.353 e. The minimum atomic E-state index is -3.72. The van der Waals surface area contributed by atoms with Gasteiger partial charge in [0.2, 0.25) is 15.9 Å². The number of aromatic nitrogens is 1. The molecule has 1 amide bonds. The van der Waals surface area contributed by atoms with Gasteiger partial charge in [-0.1, -0.05) is 0 Å². The summed E-state index contributed by atoms with van der Waals surface area (Å²) in [6, 6.07) is 1.38. The van der Waals surface area contributed by atoms with Crippen molar-refractivity contribution in [2.24, 2.45) is 0 Å². The number of hydrogen-bond acceptors (Lipinski definition) is 4. The monoisotopic (exact) mass is 335 g/mol. The fraction of sp³-hybridized carbons (Fsp3) is 0.400. The van der Waals surface area contributed by atoms with E-state index in [-0.39, 0.29) is 23.4 Å². The lowest BCUT2D eigenvalue weighted by molar-refractivity contribution is -0.120. The number of amides is 1. The van der Waals surface area contributed by atoms with Crippen molar-refractivity contribution in [2.45, 2.75) is 24.8 Å². The Kier molecular flexibility index (Phi) is 5.24. The predicted octanol–water partition coefficient (Wildman–Crippen LogP) is 0.647. The van der Waals surface area contributed by atoms with Crippen LogP contribution in [0.1, 0.15) is 13.8 Å². The largest absolute Gasteiger partial charge is 0.353 e. The van der Waals surface area contributed by atoms with E-state index < -0.39 is 10.0 Å². The summed E-state index contributed by atoms with van der Waals surface area (Å²) in [5.74, 6) is -0.378. The molecule has 1 aromatic heterocycles. The topological polar surface area (TPSA) is 88.2 Å². The van der Waals surface area contributed by atoms with E-state index in [1.54, 1.807) is 13.8 Å². The van der Waals surface area contributed by atoms with Crippen LogP contribution in [0.2, 0.25) is 0 Å². The molecule has 0 radical (unpaired) electrons. The van der Waals surface area contributed by atoms with Gasteiger partial charge in [-0.3, -0.25) is 9.78 Å². The normalized spacial score (nSPS) is 11.6. The molecule has 0 aliphatic carbocycles. The molecule has 1 heterocycles. The summed E-state index contributed by atoms with van der Waals surface area (Å²) in [5, 5.41) is 2.59. The molecule has 0 unspecified atom stereocenters. The van der Waals surface area contributed by atoms with Gasteiger partial charge in [0.15, 0.2) is 0 Å². The van der Waals surface area contributed by atoms with E-state index >= 15 is 0 Å². The van der Waals surface area contributed by atoms with E-state index in [0.29, 0.717) is 4.47 Å². The maximum atomic E-state index is 11.8. The average molecular weight is 336 g/mol. The van der Waals surface area contributed by atoms with Gasteiger partial charge in [-0.25, -0.2) is 13.1 Å². The van der Waals surface area contributed by atoms with Crippen LogP contribution in [0.25, 0.3) is 0 Å². The number of nitrogens with one attached hydrogen (secondary N) is 2. The highest BCUT2D eigenvalue weighted by Crippen LogP contribution is 2.13. The molecule has 6 nitrogen and oxygen atoms in total. The minimum absolute atomic E-state index is 0.00854. The van der Waals surface area contributed by atoms with Gasteiger partial charge < -0.3 is 5.32 Å². The molecule has 1 aromatic rings. The molecule has 18 heavy (non-hydrogen) atoms. The first-order valence-corrected chi connectivity index (χ1v) is 7.48. The number of hydrogen-bond donors (Lipinski definition) is 2. The zero-order valence-corrected chi connectivity index (χ0v) is 12.4. The summed E-state index contributed by atoms with van der Waals surface area (Å²) in [6.07, 6.45) is 2.69. The molecular weight excluding hydrogens is 322 g/mol. The molecule has 0 spiro atoms. The Labute approximate surface area is 114 Å². The van der Waals surface area contributed by atoms with Crippen molar-refractivity contribution in [2.75, 3.05) is 6.54 Å². The molecule has 1 rings (SSSR count). The van der Waals surface area contributed by atoms with Crippen LogP contribution in [0, 0.1) is 0 Å². The molecule has 100 valence electrons. The van der Waals surface area contributed by atoms with Crippen LogP contribution >= 0.6 is 15.9 Å². The Morgan fingerprint density at radius 3 is 2.67 bits per heavy atom. The van der Waals surface area contributed by atoms with Crippen LogP contribution in [0.3, 0.4) is 0 Å². The van der Waals surface area contributed by atoms with E-state index in [1.807, 2.05) is 0 Å². The third kappa shape index (κ3) is 4.71. The summed E-state index contributed by atoms with van der Waals surface area (Å²) in [6.45, 7) is 3.29. The van der Waals surface area contributed by atoms with Gasteiger partial charge in [0.1, 0.15) is 4.90 Å². The summed E-state index contributed by atoms with van der Waals surface area (Å²) in [4.78, 5) is 15.1. The zero-order chi connectivity index (χ0) is 13.8. The summed E-state index contributed by atoms with van der Waals surface area (Å²) >= 11 is 3.13. The molecular formula is C10H14BrN3O3S. The number of sulfonamides is 1. The van der Waals surface area contributed by atoms with Crippen LogP contribution in [-0.2, 0) is 14.8 Å². The first kappa shape index (κ1) is 15.1. The lowest BCUT2D eigenvalue weighted by atomic mass is 10.4. The van der Waals surface area contributed by atoms with Crippen molar-refractivity contribution in [1.29, 1.82) is 0 Å². The summed E-state index contributed by atoms with van der Waals surface area (Å²) in [7, 11) is -3.72. The van der Waals surface area contributed by atoms with Crippen molar-refractivity contribution in [3.63, 3.8) is 0 Å². The van der Waals surface area contributed by atoms with Gasteiger partial charge in [-0.2, -0.15) is 0 Å². The van der Waals surface area contributed by atoms with Crippen LogP contribution in [-0.4, -0.2) is 31.9 Å². The van der Waals surface area contributed by atoms with Gasteiger partial charge in [0.05, 0.1) is 6.54 Å². The lowest BCUT2D eigenvalue weighted by Crippen LogP contribution is -2.39. The second-order valence-corrected chi connectivity index (χ2v) is 6.57. The lowest BCUT2D eigenvalue weighted by Gasteiger charge is -2.09. The average Bonchev–Trinajstić information content (AvgIpc) is 2.26. The fourth-order valence-electron chi connectivity index (χ4n) is 1.16. The first-order chi connectivity index (χ1) is 8.31. The van der Waals surface area contributed by atoms with E-state index in [0.717, 1.165) is 0 Å².